The van der Waals surface area contributed by atoms with Crippen LogP contribution in [0.3, 0.4) is 0 Å². The molecule has 9 heteroatoms. The van der Waals surface area contributed by atoms with E-state index in [1.807, 2.05) is 0 Å². The molecule has 140 valence electrons. The Balaban J connectivity index is 1.90. The molecule has 0 bridgehead atoms. The molecule has 8 nitrogen and oxygen atoms in total. The molecule has 1 atom stereocenters. The van der Waals surface area contributed by atoms with E-state index in [1.54, 1.807) is 18.2 Å². The van der Waals surface area contributed by atoms with Gasteiger partial charge in [0.05, 0.1) is 23.9 Å². The van der Waals surface area contributed by atoms with Crippen LogP contribution < -0.4 is 5.32 Å². The summed E-state index contributed by atoms with van der Waals surface area (Å²) in [7, 11) is -2.93. The average Bonchev–Trinajstić information content (AvgIpc) is 2.87. The maximum atomic E-state index is 12.7. The van der Waals surface area contributed by atoms with Crippen molar-refractivity contribution in [2.75, 3.05) is 12.4 Å². The van der Waals surface area contributed by atoms with Gasteiger partial charge in [0, 0.05) is 0 Å². The molecule has 0 saturated heterocycles. The van der Waals surface area contributed by atoms with Crippen molar-refractivity contribution < 1.29 is 27.5 Å². The van der Waals surface area contributed by atoms with Gasteiger partial charge in [-0.05, 0) is 31.2 Å². The minimum absolute atomic E-state index is 0.0205. The molecular weight excluding hydrogens is 372 g/mol. The Kier molecular flexibility index (Phi) is 4.71. The van der Waals surface area contributed by atoms with Gasteiger partial charge in [0.1, 0.15) is 10.9 Å². The van der Waals surface area contributed by atoms with Crippen LogP contribution >= 0.6 is 0 Å². The number of rotatable bonds is 4. The zero-order valence-electron chi connectivity index (χ0n) is 14.5. The van der Waals surface area contributed by atoms with Crippen LogP contribution in [0.4, 0.5) is 5.69 Å². The number of esters is 1. The molecule has 1 unspecified atom stereocenters. The number of hydrogen-bond acceptors (Lipinski definition) is 6. The van der Waals surface area contributed by atoms with Gasteiger partial charge in [-0.15, -0.1) is 0 Å². The van der Waals surface area contributed by atoms with Crippen molar-refractivity contribution in [1.82, 2.24) is 4.31 Å². The van der Waals surface area contributed by atoms with E-state index >= 15 is 0 Å². The topological polar surface area (TPSA) is 110 Å². The predicted octanol–water partition coefficient (Wildman–Crippen LogP) is 1.64. The van der Waals surface area contributed by atoms with Crippen molar-refractivity contribution in [1.29, 1.82) is 0 Å². The second kappa shape index (κ2) is 6.84. The zero-order chi connectivity index (χ0) is 19.8. The monoisotopic (exact) mass is 388 g/mol. The van der Waals surface area contributed by atoms with Crippen molar-refractivity contribution in [2.24, 2.45) is 0 Å². The maximum Gasteiger partial charge on any atom is 0.339 e. The molecule has 27 heavy (non-hydrogen) atoms. The van der Waals surface area contributed by atoms with E-state index in [4.69, 9.17) is 0 Å². The van der Waals surface area contributed by atoms with Gasteiger partial charge in [-0.25, -0.2) is 17.5 Å². The first-order valence-electron chi connectivity index (χ1n) is 7.95. The third-order valence-corrected chi connectivity index (χ3v) is 6.09. The summed E-state index contributed by atoms with van der Waals surface area (Å²) in [5, 5.41) is 2.49. The number of sulfonamides is 1. The summed E-state index contributed by atoms with van der Waals surface area (Å²) in [5.74, 6) is -2.18. The first kappa shape index (κ1) is 18.6. The quantitative estimate of drug-likeness (QED) is 0.798. The van der Waals surface area contributed by atoms with E-state index < -0.39 is 33.8 Å². The van der Waals surface area contributed by atoms with Gasteiger partial charge < -0.3 is 10.1 Å². The predicted molar refractivity (Wildman–Crippen MR) is 95.7 cm³/mol. The Labute approximate surface area is 155 Å². The smallest absolute Gasteiger partial charge is 0.339 e. The van der Waals surface area contributed by atoms with Crippen LogP contribution in [0.1, 0.15) is 27.6 Å². The number of ether oxygens (including phenoxy) is 1. The van der Waals surface area contributed by atoms with E-state index in [-0.39, 0.29) is 21.7 Å². The van der Waals surface area contributed by atoms with Crippen molar-refractivity contribution in [2.45, 2.75) is 17.9 Å². The number of fused-ring (bicyclic) bond motifs is 1. The minimum Gasteiger partial charge on any atom is -0.465 e. The molecule has 1 N–H and O–H groups in total. The first-order chi connectivity index (χ1) is 12.8. The van der Waals surface area contributed by atoms with Crippen LogP contribution in [-0.2, 0) is 19.6 Å². The summed E-state index contributed by atoms with van der Waals surface area (Å²) < 4.78 is 30.5. The third kappa shape index (κ3) is 3.06. The number of hydrogen-bond donors (Lipinski definition) is 1. The molecule has 2 aromatic carbocycles. The number of carbonyl (C=O) groups is 3. The van der Waals surface area contributed by atoms with Crippen LogP contribution in [-0.4, -0.2) is 43.7 Å². The molecule has 1 aliphatic rings. The molecule has 2 aromatic rings. The summed E-state index contributed by atoms with van der Waals surface area (Å²) >= 11 is 0. The highest BCUT2D eigenvalue weighted by atomic mass is 32.2. The molecule has 1 aliphatic heterocycles. The Morgan fingerprint density at radius 1 is 1.07 bits per heavy atom. The Bertz CT molecular complexity index is 1050. The van der Waals surface area contributed by atoms with Crippen LogP contribution in [0.25, 0.3) is 0 Å². The molecule has 3 rings (SSSR count). The molecule has 2 amide bonds. The normalized spacial score (nSPS) is 15.8. The number of para-hydroxylation sites is 1. The van der Waals surface area contributed by atoms with Crippen molar-refractivity contribution in [3.63, 3.8) is 0 Å². The number of benzene rings is 2. The van der Waals surface area contributed by atoms with Crippen LogP contribution in [0.2, 0.25) is 0 Å². The standard InChI is InChI=1S/C18H16N2O6S/c1-11(16(21)19-14-9-5-3-7-12(14)18(23)26-2)20-17(22)13-8-4-6-10-15(13)27(20,24)25/h3-11H,1-2H3,(H,19,21). The number of anilines is 1. The molecule has 0 radical (unpaired) electrons. The number of methoxy groups -OCH3 is 1. The molecule has 0 spiro atoms. The van der Waals surface area contributed by atoms with Gasteiger partial charge in [-0.2, -0.15) is 0 Å². The lowest BCUT2D eigenvalue weighted by Crippen LogP contribution is -2.45. The lowest BCUT2D eigenvalue weighted by Gasteiger charge is -2.22. The summed E-state index contributed by atoms with van der Waals surface area (Å²) in [4.78, 5) is 36.8. The summed E-state index contributed by atoms with van der Waals surface area (Å²) in [5.41, 5.74) is 0.286. The van der Waals surface area contributed by atoms with Gasteiger partial charge in [0.25, 0.3) is 15.9 Å². The maximum absolute atomic E-state index is 12.7. The molecule has 0 aromatic heterocycles. The van der Waals surface area contributed by atoms with Gasteiger partial charge in [-0.1, -0.05) is 24.3 Å². The largest absolute Gasteiger partial charge is 0.465 e. The van der Waals surface area contributed by atoms with E-state index in [0.29, 0.717) is 4.31 Å². The molecule has 1 heterocycles. The molecule has 0 fully saturated rings. The number of nitrogens with zero attached hydrogens (tertiary/aromatic N) is 1. The third-order valence-electron chi connectivity index (χ3n) is 4.18. The zero-order valence-corrected chi connectivity index (χ0v) is 15.3. The van der Waals surface area contributed by atoms with Gasteiger partial charge in [-0.3, -0.25) is 9.59 Å². The number of nitrogens with one attached hydrogen (secondary N) is 1. The lowest BCUT2D eigenvalue weighted by atomic mass is 10.1. The Morgan fingerprint density at radius 3 is 2.37 bits per heavy atom. The lowest BCUT2D eigenvalue weighted by molar-refractivity contribution is -0.118. The van der Waals surface area contributed by atoms with Gasteiger partial charge in [0.15, 0.2) is 0 Å². The highest BCUT2D eigenvalue weighted by molar-refractivity contribution is 7.90. The Hall–Kier alpha value is -3.20. The highest BCUT2D eigenvalue weighted by Crippen LogP contribution is 2.32. The minimum atomic E-state index is -4.13. The van der Waals surface area contributed by atoms with Gasteiger partial charge in [0.2, 0.25) is 5.91 Å². The molecule has 0 aliphatic carbocycles. The number of carbonyl (C=O) groups excluding carboxylic acids is 3. The van der Waals surface area contributed by atoms with E-state index in [1.165, 1.54) is 44.4 Å². The van der Waals surface area contributed by atoms with E-state index in [0.717, 1.165) is 0 Å². The second-order valence-corrected chi connectivity index (χ2v) is 7.59. The second-order valence-electron chi connectivity index (χ2n) is 5.80. The molecule has 0 saturated carbocycles. The van der Waals surface area contributed by atoms with Crippen molar-refractivity contribution >= 4 is 33.5 Å². The van der Waals surface area contributed by atoms with Crippen molar-refractivity contribution in [3.8, 4) is 0 Å². The Morgan fingerprint density at radius 2 is 1.70 bits per heavy atom. The van der Waals surface area contributed by atoms with E-state index in [9.17, 15) is 22.8 Å². The fourth-order valence-corrected chi connectivity index (χ4v) is 4.53. The first-order valence-corrected chi connectivity index (χ1v) is 9.39. The van der Waals surface area contributed by atoms with Gasteiger partial charge >= 0.3 is 5.97 Å². The van der Waals surface area contributed by atoms with Crippen molar-refractivity contribution in [3.05, 3.63) is 59.7 Å². The highest BCUT2D eigenvalue weighted by Gasteiger charge is 2.45. The summed E-state index contributed by atoms with van der Waals surface area (Å²) in [6, 6.07) is 10.6. The number of amides is 2. The van der Waals surface area contributed by atoms with Crippen LogP contribution in [0, 0.1) is 0 Å². The fourth-order valence-electron chi connectivity index (χ4n) is 2.81. The fraction of sp³-hybridized carbons (Fsp3) is 0.167. The van der Waals surface area contributed by atoms with Crippen LogP contribution in [0.5, 0.6) is 0 Å². The SMILES string of the molecule is COC(=O)c1ccccc1NC(=O)C(C)N1C(=O)c2ccccc2S1(=O)=O. The average molecular weight is 388 g/mol. The van der Waals surface area contributed by atoms with Crippen LogP contribution in [0.15, 0.2) is 53.4 Å². The summed E-state index contributed by atoms with van der Waals surface area (Å²) in [6.45, 7) is 1.30. The summed E-state index contributed by atoms with van der Waals surface area (Å²) in [6.07, 6.45) is 0. The molecular formula is C18H16N2O6S. The van der Waals surface area contributed by atoms with E-state index in [2.05, 4.69) is 10.1 Å².